The fraction of sp³-hybridized carbons (Fsp3) is 0.462. The second-order valence-electron chi connectivity index (χ2n) is 4.74. The Bertz CT molecular complexity index is 529. The van der Waals surface area contributed by atoms with E-state index in [2.05, 4.69) is 5.32 Å². The maximum Gasteiger partial charge on any atom is 0.287 e. The zero-order valence-corrected chi connectivity index (χ0v) is 11.7. The van der Waals surface area contributed by atoms with Crippen molar-refractivity contribution in [2.24, 2.45) is 0 Å². The van der Waals surface area contributed by atoms with Crippen LogP contribution in [0.3, 0.4) is 0 Å². The van der Waals surface area contributed by atoms with Crippen LogP contribution in [0.2, 0.25) is 5.02 Å². The standard InChI is InChI=1S/C13H15ClN2O4/c1-8(12-3-2-6-20-12)15-13(17)9-4-5-11(16(18)19)10(14)7-9/h4-5,7-8,12H,2-3,6H2,1H3,(H,15,17). The van der Waals surface area contributed by atoms with E-state index in [1.54, 1.807) is 0 Å². The number of hydrogen-bond acceptors (Lipinski definition) is 4. The van der Waals surface area contributed by atoms with Gasteiger partial charge >= 0.3 is 0 Å². The molecule has 0 aliphatic carbocycles. The molecular weight excluding hydrogens is 284 g/mol. The molecule has 1 aliphatic heterocycles. The molecule has 7 heteroatoms. The number of carbonyl (C=O) groups excluding carboxylic acids is 1. The van der Waals surface area contributed by atoms with Crippen molar-refractivity contribution in [2.75, 3.05) is 6.61 Å². The first-order valence-electron chi connectivity index (χ1n) is 6.35. The van der Waals surface area contributed by atoms with Crippen molar-refractivity contribution in [3.63, 3.8) is 0 Å². The third kappa shape index (κ3) is 3.26. The molecule has 2 unspecified atom stereocenters. The molecule has 0 bridgehead atoms. The number of nitrogens with one attached hydrogen (secondary N) is 1. The van der Waals surface area contributed by atoms with E-state index in [1.807, 2.05) is 6.92 Å². The summed E-state index contributed by atoms with van der Waals surface area (Å²) in [5, 5.41) is 13.4. The first kappa shape index (κ1) is 14.7. The Labute approximate surface area is 121 Å². The van der Waals surface area contributed by atoms with Crippen LogP contribution in [0, 0.1) is 10.1 Å². The van der Waals surface area contributed by atoms with E-state index < -0.39 is 4.92 Å². The number of carbonyl (C=O) groups is 1. The number of nitro benzene ring substituents is 1. The van der Waals surface area contributed by atoms with Gasteiger partial charge < -0.3 is 10.1 Å². The van der Waals surface area contributed by atoms with E-state index in [0.717, 1.165) is 12.8 Å². The molecule has 1 N–H and O–H groups in total. The molecule has 1 heterocycles. The summed E-state index contributed by atoms with van der Waals surface area (Å²) >= 11 is 5.79. The smallest absolute Gasteiger partial charge is 0.287 e. The maximum absolute atomic E-state index is 12.1. The lowest BCUT2D eigenvalue weighted by Crippen LogP contribution is -2.40. The van der Waals surface area contributed by atoms with Crippen LogP contribution in [-0.4, -0.2) is 29.6 Å². The number of nitro groups is 1. The quantitative estimate of drug-likeness (QED) is 0.684. The lowest BCUT2D eigenvalue weighted by atomic mass is 10.1. The molecule has 2 atom stereocenters. The van der Waals surface area contributed by atoms with Gasteiger partial charge in [0.1, 0.15) is 5.02 Å². The highest BCUT2D eigenvalue weighted by molar-refractivity contribution is 6.33. The highest BCUT2D eigenvalue weighted by Crippen LogP contribution is 2.25. The molecule has 1 fully saturated rings. The number of halogens is 1. The lowest BCUT2D eigenvalue weighted by Gasteiger charge is -2.20. The van der Waals surface area contributed by atoms with Crippen LogP contribution in [0.1, 0.15) is 30.1 Å². The highest BCUT2D eigenvalue weighted by atomic mass is 35.5. The van der Waals surface area contributed by atoms with Gasteiger partial charge in [0.2, 0.25) is 0 Å². The monoisotopic (exact) mass is 298 g/mol. The molecular formula is C13H15ClN2O4. The maximum atomic E-state index is 12.1. The Morgan fingerprint density at radius 1 is 1.60 bits per heavy atom. The summed E-state index contributed by atoms with van der Waals surface area (Å²) in [5.74, 6) is -0.315. The van der Waals surface area contributed by atoms with Gasteiger partial charge in [-0.05, 0) is 31.9 Å². The first-order valence-corrected chi connectivity index (χ1v) is 6.73. The number of rotatable bonds is 4. The van der Waals surface area contributed by atoms with Gasteiger partial charge in [0.25, 0.3) is 11.6 Å². The molecule has 1 amide bonds. The summed E-state index contributed by atoms with van der Waals surface area (Å²) in [6.07, 6.45) is 1.93. The first-order chi connectivity index (χ1) is 9.49. The van der Waals surface area contributed by atoms with Crippen molar-refractivity contribution >= 4 is 23.2 Å². The fourth-order valence-electron chi connectivity index (χ4n) is 2.18. The zero-order valence-electron chi connectivity index (χ0n) is 11.0. The minimum atomic E-state index is -0.584. The third-order valence-electron chi connectivity index (χ3n) is 3.29. The third-order valence-corrected chi connectivity index (χ3v) is 3.59. The largest absolute Gasteiger partial charge is 0.376 e. The average Bonchev–Trinajstić information content (AvgIpc) is 2.91. The van der Waals surface area contributed by atoms with Gasteiger partial charge in [-0.15, -0.1) is 0 Å². The predicted octanol–water partition coefficient (Wildman–Crippen LogP) is 2.55. The molecule has 1 aromatic carbocycles. The summed E-state index contributed by atoms with van der Waals surface area (Å²) in [6, 6.07) is 3.81. The molecule has 1 saturated heterocycles. The number of benzene rings is 1. The molecule has 1 aromatic rings. The second kappa shape index (κ2) is 6.19. The predicted molar refractivity (Wildman–Crippen MR) is 74.0 cm³/mol. The summed E-state index contributed by atoms with van der Waals surface area (Å²) in [5.41, 5.74) is 0.0841. The minimum absolute atomic E-state index is 0.0208. The summed E-state index contributed by atoms with van der Waals surface area (Å²) in [7, 11) is 0. The summed E-state index contributed by atoms with van der Waals surface area (Å²) in [4.78, 5) is 22.1. The van der Waals surface area contributed by atoms with E-state index >= 15 is 0 Å². The van der Waals surface area contributed by atoms with Gasteiger partial charge in [0.05, 0.1) is 17.1 Å². The lowest BCUT2D eigenvalue weighted by molar-refractivity contribution is -0.384. The van der Waals surface area contributed by atoms with Crippen molar-refractivity contribution in [2.45, 2.75) is 31.9 Å². The van der Waals surface area contributed by atoms with E-state index in [-0.39, 0.29) is 28.8 Å². The van der Waals surface area contributed by atoms with Crippen LogP contribution in [0.4, 0.5) is 5.69 Å². The molecule has 0 saturated carbocycles. The van der Waals surface area contributed by atoms with Crippen LogP contribution in [-0.2, 0) is 4.74 Å². The molecule has 1 aliphatic rings. The van der Waals surface area contributed by atoms with Gasteiger partial charge in [0, 0.05) is 18.2 Å². The number of amides is 1. The highest BCUT2D eigenvalue weighted by Gasteiger charge is 2.24. The Morgan fingerprint density at radius 2 is 2.35 bits per heavy atom. The summed E-state index contributed by atoms with van der Waals surface area (Å²) < 4.78 is 5.50. The van der Waals surface area contributed by atoms with E-state index in [1.165, 1.54) is 18.2 Å². The van der Waals surface area contributed by atoms with Crippen molar-refractivity contribution in [3.8, 4) is 0 Å². The van der Waals surface area contributed by atoms with Gasteiger partial charge in [-0.25, -0.2) is 0 Å². The Balaban J connectivity index is 2.05. The van der Waals surface area contributed by atoms with Crippen LogP contribution < -0.4 is 5.32 Å². The van der Waals surface area contributed by atoms with Crippen molar-refractivity contribution < 1.29 is 14.5 Å². The van der Waals surface area contributed by atoms with Gasteiger partial charge in [-0.3, -0.25) is 14.9 Å². The van der Waals surface area contributed by atoms with Gasteiger partial charge in [-0.2, -0.15) is 0 Å². The molecule has 0 aromatic heterocycles. The Morgan fingerprint density at radius 3 is 2.90 bits per heavy atom. The second-order valence-corrected chi connectivity index (χ2v) is 5.14. The SMILES string of the molecule is CC(NC(=O)c1ccc([N+](=O)[O-])c(Cl)c1)C1CCCO1. The van der Waals surface area contributed by atoms with Crippen molar-refractivity contribution in [3.05, 3.63) is 38.9 Å². The molecule has 2 rings (SSSR count). The molecule has 6 nitrogen and oxygen atoms in total. The summed E-state index contributed by atoms with van der Waals surface area (Å²) in [6.45, 7) is 2.59. The van der Waals surface area contributed by atoms with Crippen LogP contribution in [0.5, 0.6) is 0 Å². The van der Waals surface area contributed by atoms with Gasteiger partial charge in [-0.1, -0.05) is 11.6 Å². The fourth-order valence-corrected chi connectivity index (χ4v) is 2.43. The molecule has 20 heavy (non-hydrogen) atoms. The average molecular weight is 299 g/mol. The van der Waals surface area contributed by atoms with Crippen molar-refractivity contribution in [1.82, 2.24) is 5.32 Å². The molecule has 0 spiro atoms. The number of nitrogens with zero attached hydrogens (tertiary/aromatic N) is 1. The Kier molecular flexibility index (Phi) is 4.57. The molecule has 108 valence electrons. The van der Waals surface area contributed by atoms with Crippen molar-refractivity contribution in [1.29, 1.82) is 0 Å². The Hall–Kier alpha value is -1.66. The van der Waals surface area contributed by atoms with Crippen LogP contribution in [0.25, 0.3) is 0 Å². The minimum Gasteiger partial charge on any atom is -0.376 e. The van der Waals surface area contributed by atoms with E-state index in [9.17, 15) is 14.9 Å². The normalized spacial score (nSPS) is 19.6. The van der Waals surface area contributed by atoms with E-state index in [4.69, 9.17) is 16.3 Å². The number of hydrogen-bond donors (Lipinski definition) is 1. The van der Waals surface area contributed by atoms with Gasteiger partial charge in [0.15, 0.2) is 0 Å². The zero-order chi connectivity index (χ0) is 14.7. The van der Waals surface area contributed by atoms with Crippen LogP contribution in [0.15, 0.2) is 18.2 Å². The number of ether oxygens (including phenoxy) is 1. The van der Waals surface area contributed by atoms with E-state index in [0.29, 0.717) is 12.2 Å². The topological polar surface area (TPSA) is 81.5 Å². The molecule has 0 radical (unpaired) electrons. The van der Waals surface area contributed by atoms with Crippen LogP contribution >= 0.6 is 11.6 Å².